The van der Waals surface area contributed by atoms with Gasteiger partial charge in [-0.1, -0.05) is 6.07 Å². The van der Waals surface area contributed by atoms with E-state index in [1.165, 1.54) is 6.20 Å². The van der Waals surface area contributed by atoms with Crippen molar-refractivity contribution < 1.29 is 4.79 Å². The summed E-state index contributed by atoms with van der Waals surface area (Å²) in [5.74, 6) is 0.190. The number of aryl methyl sites for hydroxylation is 2. The van der Waals surface area contributed by atoms with Gasteiger partial charge in [0.05, 0.1) is 11.1 Å². The molecule has 1 amide bonds. The van der Waals surface area contributed by atoms with Gasteiger partial charge in [-0.2, -0.15) is 5.10 Å². The van der Waals surface area contributed by atoms with Crippen LogP contribution in [0.1, 0.15) is 21.9 Å². The molecular formula is C19H16N6O2S. The third kappa shape index (κ3) is 3.12. The molecule has 0 aliphatic heterocycles. The highest BCUT2D eigenvalue weighted by Crippen LogP contribution is 2.17. The van der Waals surface area contributed by atoms with Crippen molar-refractivity contribution in [1.29, 1.82) is 0 Å². The fraction of sp³-hybridized carbons (Fsp3) is 0.105. The number of anilines is 1. The summed E-state index contributed by atoms with van der Waals surface area (Å²) in [6.45, 7) is 3.65. The predicted molar refractivity (Wildman–Crippen MR) is 109 cm³/mol. The molecule has 0 atom stereocenters. The van der Waals surface area contributed by atoms with Crippen LogP contribution in [0.2, 0.25) is 0 Å². The van der Waals surface area contributed by atoms with Crippen LogP contribution in [0.15, 0.2) is 47.4 Å². The Balaban J connectivity index is 1.68. The molecule has 140 valence electrons. The van der Waals surface area contributed by atoms with Gasteiger partial charge in [-0.05, 0) is 56.4 Å². The number of H-pyrrole nitrogens is 2. The molecule has 0 radical (unpaired) electrons. The number of hydrogen-bond donors (Lipinski definition) is 3. The molecule has 0 aliphatic carbocycles. The Morgan fingerprint density at radius 2 is 2.04 bits per heavy atom. The number of aromatic nitrogens is 5. The molecule has 9 heteroatoms. The van der Waals surface area contributed by atoms with Gasteiger partial charge >= 0.3 is 0 Å². The molecule has 0 unspecified atom stereocenters. The zero-order valence-electron chi connectivity index (χ0n) is 15.1. The third-order valence-electron chi connectivity index (χ3n) is 4.32. The fourth-order valence-electron chi connectivity index (χ4n) is 2.97. The predicted octanol–water partition coefficient (Wildman–Crippen LogP) is 3.04. The molecule has 0 aliphatic rings. The molecule has 0 fully saturated rings. The average molecular weight is 392 g/mol. The summed E-state index contributed by atoms with van der Waals surface area (Å²) < 4.78 is 2.21. The van der Waals surface area contributed by atoms with E-state index in [4.69, 9.17) is 12.2 Å². The molecule has 3 heterocycles. The van der Waals surface area contributed by atoms with Crippen LogP contribution in [-0.4, -0.2) is 30.6 Å². The van der Waals surface area contributed by atoms with Gasteiger partial charge in [0.2, 0.25) is 5.43 Å². The number of pyridine rings is 2. The van der Waals surface area contributed by atoms with Gasteiger partial charge in [-0.25, -0.2) is 4.98 Å². The van der Waals surface area contributed by atoms with Crippen molar-refractivity contribution >= 4 is 34.8 Å². The molecular weight excluding hydrogens is 376 g/mol. The number of hydrogen-bond acceptors (Lipinski definition) is 5. The summed E-state index contributed by atoms with van der Waals surface area (Å²) in [6.07, 6.45) is 1.38. The molecule has 28 heavy (non-hydrogen) atoms. The Morgan fingerprint density at radius 1 is 1.21 bits per heavy atom. The summed E-state index contributed by atoms with van der Waals surface area (Å²) in [6, 6.07) is 10.5. The van der Waals surface area contributed by atoms with E-state index in [9.17, 15) is 9.59 Å². The van der Waals surface area contributed by atoms with Crippen LogP contribution in [0.25, 0.3) is 16.7 Å². The average Bonchev–Trinajstić information content (AvgIpc) is 3.00. The summed E-state index contributed by atoms with van der Waals surface area (Å²) in [5.41, 5.74) is 2.16. The van der Waals surface area contributed by atoms with E-state index in [0.29, 0.717) is 27.3 Å². The van der Waals surface area contributed by atoms with Crippen LogP contribution < -0.4 is 10.7 Å². The highest BCUT2D eigenvalue weighted by molar-refractivity contribution is 7.71. The van der Waals surface area contributed by atoms with E-state index < -0.39 is 5.91 Å². The van der Waals surface area contributed by atoms with Gasteiger partial charge in [-0.3, -0.25) is 19.3 Å². The van der Waals surface area contributed by atoms with Crippen molar-refractivity contribution in [3.8, 4) is 5.69 Å². The molecule has 0 saturated carbocycles. The fourth-order valence-corrected chi connectivity index (χ4v) is 3.25. The molecule has 0 bridgehead atoms. The van der Waals surface area contributed by atoms with Crippen molar-refractivity contribution in [3.05, 3.63) is 74.7 Å². The van der Waals surface area contributed by atoms with Gasteiger partial charge < -0.3 is 10.3 Å². The first kappa shape index (κ1) is 17.8. The maximum Gasteiger partial charge on any atom is 0.261 e. The minimum atomic E-state index is -0.506. The number of carbonyl (C=O) groups is 1. The second kappa shape index (κ2) is 6.86. The molecule has 4 aromatic rings. The van der Waals surface area contributed by atoms with Gasteiger partial charge in [-0.15, -0.1) is 0 Å². The topological polar surface area (TPSA) is 108 Å². The van der Waals surface area contributed by atoms with E-state index in [-0.39, 0.29) is 11.0 Å². The highest BCUT2D eigenvalue weighted by atomic mass is 32.1. The van der Waals surface area contributed by atoms with Crippen molar-refractivity contribution in [2.24, 2.45) is 0 Å². The summed E-state index contributed by atoms with van der Waals surface area (Å²) >= 11 is 5.24. The molecule has 0 saturated heterocycles. The first-order valence-corrected chi connectivity index (χ1v) is 8.90. The van der Waals surface area contributed by atoms with E-state index in [1.54, 1.807) is 34.9 Å². The summed E-state index contributed by atoms with van der Waals surface area (Å²) in [4.78, 5) is 32.5. The Morgan fingerprint density at radius 3 is 2.79 bits per heavy atom. The highest BCUT2D eigenvalue weighted by Gasteiger charge is 2.14. The molecule has 1 aromatic carbocycles. The van der Waals surface area contributed by atoms with Crippen LogP contribution in [-0.2, 0) is 0 Å². The van der Waals surface area contributed by atoms with Crippen LogP contribution in [0.4, 0.5) is 5.69 Å². The lowest BCUT2D eigenvalue weighted by molar-refractivity contribution is 0.102. The van der Waals surface area contributed by atoms with Gasteiger partial charge in [0, 0.05) is 17.6 Å². The maximum absolute atomic E-state index is 12.7. The van der Waals surface area contributed by atoms with Crippen molar-refractivity contribution in [1.82, 2.24) is 24.7 Å². The van der Waals surface area contributed by atoms with Crippen molar-refractivity contribution in [2.45, 2.75) is 13.8 Å². The number of carbonyl (C=O) groups excluding carboxylic acids is 1. The number of fused-ring (bicyclic) bond motifs is 1. The second-order valence-corrected chi connectivity index (χ2v) is 6.68. The largest absolute Gasteiger partial charge is 0.345 e. The number of benzene rings is 1. The van der Waals surface area contributed by atoms with E-state index >= 15 is 0 Å². The van der Waals surface area contributed by atoms with Crippen LogP contribution >= 0.6 is 12.2 Å². The Kier molecular flexibility index (Phi) is 4.36. The molecule has 3 N–H and O–H groups in total. The summed E-state index contributed by atoms with van der Waals surface area (Å²) in [7, 11) is 0. The lowest BCUT2D eigenvalue weighted by Gasteiger charge is -2.09. The quantitative estimate of drug-likeness (QED) is 0.465. The smallest absolute Gasteiger partial charge is 0.261 e. The van der Waals surface area contributed by atoms with E-state index in [1.807, 2.05) is 19.9 Å². The monoisotopic (exact) mass is 392 g/mol. The van der Waals surface area contributed by atoms with E-state index in [0.717, 1.165) is 11.4 Å². The van der Waals surface area contributed by atoms with Gasteiger partial charge in [0.25, 0.3) is 5.91 Å². The SMILES string of the molecule is Cc1ccc2c(=O)c(C(=O)Nc3cccc(-n4c(C)n[nH]c4=S)c3)c[nH]c2n1. The standard InChI is InChI=1S/C19H16N6O2S/c1-10-6-7-14-16(26)15(9-20-17(14)21-10)18(27)22-12-4-3-5-13(8-12)25-11(2)23-24-19(25)28/h3-9H,1-2H3,(H,22,27)(H,24,28)(H,20,21,26). The number of aromatic amines is 2. The zero-order chi connectivity index (χ0) is 19.8. The van der Waals surface area contributed by atoms with Crippen LogP contribution in [0, 0.1) is 18.6 Å². The van der Waals surface area contributed by atoms with Crippen LogP contribution in [0.3, 0.4) is 0 Å². The van der Waals surface area contributed by atoms with Crippen LogP contribution in [0.5, 0.6) is 0 Å². The number of nitrogens with one attached hydrogen (secondary N) is 3. The Labute approximate surface area is 164 Å². The van der Waals surface area contributed by atoms with E-state index in [2.05, 4.69) is 25.5 Å². The van der Waals surface area contributed by atoms with Gasteiger partial charge in [0.15, 0.2) is 4.77 Å². The molecule has 4 rings (SSSR count). The maximum atomic E-state index is 12.7. The van der Waals surface area contributed by atoms with Crippen molar-refractivity contribution in [2.75, 3.05) is 5.32 Å². The lowest BCUT2D eigenvalue weighted by Crippen LogP contribution is -2.22. The summed E-state index contributed by atoms with van der Waals surface area (Å²) in [5, 5.41) is 9.94. The third-order valence-corrected chi connectivity index (χ3v) is 4.60. The van der Waals surface area contributed by atoms with Gasteiger partial charge in [0.1, 0.15) is 17.0 Å². The number of nitrogens with zero attached hydrogens (tertiary/aromatic N) is 3. The number of rotatable bonds is 3. The van der Waals surface area contributed by atoms with Crippen molar-refractivity contribution in [3.63, 3.8) is 0 Å². The Bertz CT molecular complexity index is 1330. The zero-order valence-corrected chi connectivity index (χ0v) is 15.9. The Hall–Kier alpha value is -3.59. The molecule has 3 aromatic heterocycles. The normalized spacial score (nSPS) is 10.9. The minimum absolute atomic E-state index is 0.0136. The first-order chi connectivity index (χ1) is 13.4. The second-order valence-electron chi connectivity index (χ2n) is 6.30. The molecule has 8 nitrogen and oxygen atoms in total. The lowest BCUT2D eigenvalue weighted by atomic mass is 10.1. The first-order valence-electron chi connectivity index (χ1n) is 8.49. The molecule has 0 spiro atoms. The number of amides is 1. The minimum Gasteiger partial charge on any atom is -0.345 e.